The van der Waals surface area contributed by atoms with Gasteiger partial charge in [0.25, 0.3) is 0 Å². The zero-order chi connectivity index (χ0) is 18.8. The molecule has 0 spiro atoms. The highest BCUT2D eigenvalue weighted by Crippen LogP contribution is 2.33. The summed E-state index contributed by atoms with van der Waals surface area (Å²) >= 11 is 0. The molecule has 1 amide bonds. The van der Waals surface area contributed by atoms with Crippen LogP contribution in [0.4, 0.5) is 11.5 Å². The van der Waals surface area contributed by atoms with E-state index in [1.807, 2.05) is 54.6 Å². The molecule has 0 atom stereocenters. The van der Waals surface area contributed by atoms with Gasteiger partial charge in [0, 0.05) is 35.3 Å². The minimum absolute atomic E-state index is 0.113. The normalized spacial score (nSPS) is 10.7. The fourth-order valence-electron chi connectivity index (χ4n) is 3.06. The molecule has 4 rings (SSSR count). The van der Waals surface area contributed by atoms with Crippen molar-refractivity contribution in [3.63, 3.8) is 0 Å². The van der Waals surface area contributed by atoms with Crippen molar-refractivity contribution in [1.82, 2.24) is 15.0 Å². The third kappa shape index (κ3) is 3.32. The fourth-order valence-corrected chi connectivity index (χ4v) is 3.06. The predicted octanol–water partition coefficient (Wildman–Crippen LogP) is 3.90. The van der Waals surface area contributed by atoms with E-state index in [4.69, 9.17) is 5.73 Å². The van der Waals surface area contributed by atoms with E-state index in [0.29, 0.717) is 5.82 Å². The standard InChI is InChI=1S/C21H17N5O/c1-13(27)26-16-5-2-4-15(10-16)20-17(6-3-9-23-20)14-7-8-19-18(11-14)21(22)25-12-24-19/h2-12H,1H3,(H,26,27)(H2,22,24,25). The van der Waals surface area contributed by atoms with Crippen molar-refractivity contribution in [1.29, 1.82) is 0 Å². The second kappa shape index (κ2) is 6.84. The molecule has 6 nitrogen and oxygen atoms in total. The number of hydrogen-bond donors (Lipinski definition) is 2. The lowest BCUT2D eigenvalue weighted by Crippen LogP contribution is -2.05. The van der Waals surface area contributed by atoms with Crippen molar-refractivity contribution < 1.29 is 4.79 Å². The lowest BCUT2D eigenvalue weighted by Gasteiger charge is -2.11. The molecule has 0 unspecified atom stereocenters. The number of nitrogens with two attached hydrogens (primary N) is 1. The lowest BCUT2D eigenvalue weighted by molar-refractivity contribution is -0.114. The highest BCUT2D eigenvalue weighted by atomic mass is 16.1. The zero-order valence-corrected chi connectivity index (χ0v) is 14.7. The number of pyridine rings is 1. The number of carbonyl (C=O) groups excluding carboxylic acids is 1. The van der Waals surface area contributed by atoms with Gasteiger partial charge in [-0.15, -0.1) is 0 Å². The van der Waals surface area contributed by atoms with E-state index in [1.165, 1.54) is 13.3 Å². The van der Waals surface area contributed by atoms with E-state index in [-0.39, 0.29) is 5.91 Å². The fraction of sp³-hybridized carbons (Fsp3) is 0.0476. The van der Waals surface area contributed by atoms with Crippen molar-refractivity contribution in [2.75, 3.05) is 11.1 Å². The topological polar surface area (TPSA) is 93.8 Å². The number of nitrogens with one attached hydrogen (secondary N) is 1. The summed E-state index contributed by atoms with van der Waals surface area (Å²) in [6.45, 7) is 1.49. The number of rotatable bonds is 3. The average molecular weight is 355 g/mol. The highest BCUT2D eigenvalue weighted by Gasteiger charge is 2.11. The average Bonchev–Trinajstić information content (AvgIpc) is 2.68. The lowest BCUT2D eigenvalue weighted by atomic mass is 9.98. The summed E-state index contributed by atoms with van der Waals surface area (Å²) in [7, 11) is 0. The van der Waals surface area contributed by atoms with Crippen LogP contribution in [0.5, 0.6) is 0 Å². The number of aromatic nitrogens is 3. The summed E-state index contributed by atoms with van der Waals surface area (Å²) in [4.78, 5) is 24.3. The Morgan fingerprint density at radius 3 is 2.70 bits per heavy atom. The van der Waals surface area contributed by atoms with Crippen LogP contribution in [-0.4, -0.2) is 20.9 Å². The van der Waals surface area contributed by atoms with Gasteiger partial charge < -0.3 is 11.1 Å². The van der Waals surface area contributed by atoms with Crippen LogP contribution in [0.15, 0.2) is 67.1 Å². The molecule has 0 bridgehead atoms. The van der Waals surface area contributed by atoms with Gasteiger partial charge in [-0.1, -0.05) is 24.3 Å². The molecule has 132 valence electrons. The van der Waals surface area contributed by atoms with Gasteiger partial charge in [0.1, 0.15) is 12.1 Å². The second-order valence-electron chi connectivity index (χ2n) is 6.15. The van der Waals surface area contributed by atoms with Crippen LogP contribution in [0.3, 0.4) is 0 Å². The molecule has 3 N–H and O–H groups in total. The molecule has 0 saturated heterocycles. The molecule has 0 aliphatic heterocycles. The van der Waals surface area contributed by atoms with Crippen LogP contribution < -0.4 is 11.1 Å². The number of fused-ring (bicyclic) bond motifs is 1. The second-order valence-corrected chi connectivity index (χ2v) is 6.15. The maximum Gasteiger partial charge on any atom is 0.221 e. The van der Waals surface area contributed by atoms with Crippen molar-refractivity contribution in [2.45, 2.75) is 6.92 Å². The Morgan fingerprint density at radius 1 is 0.963 bits per heavy atom. The number of benzene rings is 2. The largest absolute Gasteiger partial charge is 0.383 e. The monoisotopic (exact) mass is 355 g/mol. The van der Waals surface area contributed by atoms with Crippen LogP contribution in [0, 0.1) is 0 Å². The molecule has 0 fully saturated rings. The molecule has 2 aromatic carbocycles. The third-order valence-corrected chi connectivity index (χ3v) is 4.24. The van der Waals surface area contributed by atoms with Gasteiger partial charge in [0.15, 0.2) is 0 Å². The first-order chi connectivity index (χ1) is 13.1. The van der Waals surface area contributed by atoms with E-state index in [2.05, 4.69) is 20.3 Å². The van der Waals surface area contributed by atoms with Gasteiger partial charge in [-0.3, -0.25) is 9.78 Å². The molecular formula is C21H17N5O. The van der Waals surface area contributed by atoms with Gasteiger partial charge >= 0.3 is 0 Å². The van der Waals surface area contributed by atoms with Crippen LogP contribution in [0.25, 0.3) is 33.3 Å². The first kappa shape index (κ1) is 16.7. The summed E-state index contributed by atoms with van der Waals surface area (Å²) in [5.41, 5.74) is 11.2. The van der Waals surface area contributed by atoms with Gasteiger partial charge in [-0.2, -0.15) is 0 Å². The molecule has 4 aromatic rings. The first-order valence-corrected chi connectivity index (χ1v) is 8.45. The minimum Gasteiger partial charge on any atom is -0.383 e. The zero-order valence-electron chi connectivity index (χ0n) is 14.7. The Bertz CT molecular complexity index is 1160. The van der Waals surface area contributed by atoms with E-state index in [9.17, 15) is 4.79 Å². The molecule has 0 saturated carbocycles. The third-order valence-electron chi connectivity index (χ3n) is 4.24. The van der Waals surface area contributed by atoms with E-state index in [0.717, 1.165) is 39.0 Å². The van der Waals surface area contributed by atoms with Gasteiger partial charge in [-0.25, -0.2) is 9.97 Å². The van der Waals surface area contributed by atoms with Crippen LogP contribution in [-0.2, 0) is 4.79 Å². The number of hydrogen-bond acceptors (Lipinski definition) is 5. The summed E-state index contributed by atoms with van der Waals surface area (Å²) in [5.74, 6) is 0.332. The number of amides is 1. The van der Waals surface area contributed by atoms with Crippen LogP contribution in [0.1, 0.15) is 6.92 Å². The van der Waals surface area contributed by atoms with Crippen molar-refractivity contribution in [3.8, 4) is 22.4 Å². The Balaban J connectivity index is 1.85. The molecule has 6 heteroatoms. The molecule has 0 aliphatic carbocycles. The SMILES string of the molecule is CC(=O)Nc1cccc(-c2ncccc2-c2ccc3ncnc(N)c3c2)c1. The van der Waals surface area contributed by atoms with E-state index >= 15 is 0 Å². The smallest absolute Gasteiger partial charge is 0.221 e. The summed E-state index contributed by atoms with van der Waals surface area (Å²) in [6.07, 6.45) is 3.21. The Kier molecular flexibility index (Phi) is 4.22. The van der Waals surface area contributed by atoms with Crippen LogP contribution >= 0.6 is 0 Å². The maximum atomic E-state index is 11.4. The van der Waals surface area contributed by atoms with Crippen LogP contribution in [0.2, 0.25) is 0 Å². The number of nitrogen functional groups attached to an aromatic ring is 1. The Hall–Kier alpha value is -3.80. The van der Waals surface area contributed by atoms with Gasteiger partial charge in [0.05, 0.1) is 11.2 Å². The molecule has 2 aromatic heterocycles. The van der Waals surface area contributed by atoms with E-state index in [1.54, 1.807) is 6.20 Å². The molecule has 2 heterocycles. The van der Waals surface area contributed by atoms with E-state index < -0.39 is 0 Å². The predicted molar refractivity (Wildman–Crippen MR) is 107 cm³/mol. The number of anilines is 2. The maximum absolute atomic E-state index is 11.4. The summed E-state index contributed by atoms with van der Waals surface area (Å²) in [5, 5.41) is 3.61. The Labute approximate surface area is 156 Å². The van der Waals surface area contributed by atoms with Gasteiger partial charge in [0.2, 0.25) is 5.91 Å². The number of nitrogens with zero attached hydrogens (tertiary/aromatic N) is 3. The molecular weight excluding hydrogens is 338 g/mol. The minimum atomic E-state index is -0.113. The molecule has 0 radical (unpaired) electrons. The summed E-state index contributed by atoms with van der Waals surface area (Å²) in [6, 6.07) is 17.4. The molecule has 0 aliphatic rings. The Morgan fingerprint density at radius 2 is 1.85 bits per heavy atom. The molecule has 27 heavy (non-hydrogen) atoms. The van der Waals surface area contributed by atoms with Crippen molar-refractivity contribution in [3.05, 3.63) is 67.1 Å². The van der Waals surface area contributed by atoms with Crippen molar-refractivity contribution >= 4 is 28.3 Å². The highest BCUT2D eigenvalue weighted by molar-refractivity contribution is 5.94. The summed E-state index contributed by atoms with van der Waals surface area (Å²) < 4.78 is 0. The first-order valence-electron chi connectivity index (χ1n) is 8.45. The quantitative estimate of drug-likeness (QED) is 0.581. The number of carbonyl (C=O) groups is 1. The van der Waals surface area contributed by atoms with Gasteiger partial charge in [-0.05, 0) is 35.9 Å². The van der Waals surface area contributed by atoms with Crippen molar-refractivity contribution in [2.24, 2.45) is 0 Å².